The second-order valence-corrected chi connectivity index (χ2v) is 12.0. The summed E-state index contributed by atoms with van der Waals surface area (Å²) in [6.45, 7) is 6.85. The van der Waals surface area contributed by atoms with Crippen molar-refractivity contribution in [3.05, 3.63) is 71.9 Å². The SMILES string of the molecule is CC(=O)NC(=Cc1ccccc1)C(=O)N1[C@@H](CC[Se]c2ccccc2)CC[C@H]1C(=O)OC(C)(C)C. The summed E-state index contributed by atoms with van der Waals surface area (Å²) in [7, 11) is 0. The van der Waals surface area contributed by atoms with Gasteiger partial charge in [0.15, 0.2) is 0 Å². The Bertz CT molecular complexity index is 1050. The molecule has 0 saturated carbocycles. The Morgan fingerprint density at radius 3 is 2.26 bits per heavy atom. The predicted octanol–water partition coefficient (Wildman–Crippen LogP) is 3.70. The van der Waals surface area contributed by atoms with E-state index in [2.05, 4.69) is 17.4 Å². The van der Waals surface area contributed by atoms with Crippen molar-refractivity contribution in [1.82, 2.24) is 10.2 Å². The van der Waals surface area contributed by atoms with Gasteiger partial charge in [0.1, 0.15) is 0 Å². The van der Waals surface area contributed by atoms with Crippen LogP contribution in [-0.2, 0) is 19.1 Å². The maximum absolute atomic E-state index is 13.8. The molecule has 2 aromatic rings. The van der Waals surface area contributed by atoms with Crippen LogP contribution in [0.1, 0.15) is 52.5 Å². The van der Waals surface area contributed by atoms with E-state index in [0.717, 1.165) is 23.7 Å². The normalized spacial score (nSPS) is 18.3. The van der Waals surface area contributed by atoms with Crippen molar-refractivity contribution in [3.63, 3.8) is 0 Å². The van der Waals surface area contributed by atoms with Crippen LogP contribution in [0, 0.1) is 0 Å². The number of hydrogen-bond acceptors (Lipinski definition) is 4. The number of ether oxygens (including phenoxy) is 1. The number of esters is 1. The van der Waals surface area contributed by atoms with Crippen molar-refractivity contribution in [2.24, 2.45) is 0 Å². The third-order valence-electron chi connectivity index (χ3n) is 5.53. The van der Waals surface area contributed by atoms with Crippen LogP contribution < -0.4 is 9.78 Å². The van der Waals surface area contributed by atoms with Crippen LogP contribution in [-0.4, -0.2) is 55.3 Å². The molecule has 2 amide bonds. The zero-order valence-corrected chi connectivity index (χ0v) is 22.5. The first kappa shape index (κ1) is 26.7. The molecular formula is C28H34N2O4Se. The molecule has 35 heavy (non-hydrogen) atoms. The van der Waals surface area contributed by atoms with E-state index < -0.39 is 17.6 Å². The van der Waals surface area contributed by atoms with Crippen LogP contribution in [0.2, 0.25) is 5.32 Å². The number of rotatable bonds is 8. The second kappa shape index (κ2) is 12.2. The summed E-state index contributed by atoms with van der Waals surface area (Å²) in [6, 6.07) is 18.9. The molecule has 3 rings (SSSR count). The summed E-state index contributed by atoms with van der Waals surface area (Å²) < 4.78 is 6.98. The minimum atomic E-state index is -0.677. The van der Waals surface area contributed by atoms with Gasteiger partial charge in [-0.2, -0.15) is 0 Å². The molecule has 0 aliphatic carbocycles. The molecule has 1 aliphatic heterocycles. The summed E-state index contributed by atoms with van der Waals surface area (Å²) in [5.41, 5.74) is 0.306. The Labute approximate surface area is 214 Å². The van der Waals surface area contributed by atoms with Crippen LogP contribution in [0.3, 0.4) is 0 Å². The van der Waals surface area contributed by atoms with E-state index in [4.69, 9.17) is 4.74 Å². The monoisotopic (exact) mass is 542 g/mol. The maximum atomic E-state index is 13.8. The van der Waals surface area contributed by atoms with E-state index >= 15 is 0 Å². The molecule has 0 spiro atoms. The number of carbonyl (C=O) groups excluding carboxylic acids is 3. The molecule has 1 fully saturated rings. The zero-order valence-electron chi connectivity index (χ0n) is 20.8. The van der Waals surface area contributed by atoms with Gasteiger partial charge in [-0.1, -0.05) is 0 Å². The Kier molecular flexibility index (Phi) is 9.30. The van der Waals surface area contributed by atoms with Gasteiger partial charge in [-0.25, -0.2) is 0 Å². The van der Waals surface area contributed by atoms with E-state index in [9.17, 15) is 14.4 Å². The fraction of sp³-hybridized carbons (Fsp3) is 0.393. The number of hydrogen-bond donors (Lipinski definition) is 1. The van der Waals surface area contributed by atoms with Crippen LogP contribution in [0.15, 0.2) is 66.4 Å². The molecule has 1 N–H and O–H groups in total. The Hall–Kier alpha value is -2.89. The first-order valence-corrected chi connectivity index (χ1v) is 14.0. The topological polar surface area (TPSA) is 75.7 Å². The minimum absolute atomic E-state index is 0.0986. The molecule has 1 saturated heterocycles. The Morgan fingerprint density at radius 2 is 1.66 bits per heavy atom. The van der Waals surface area contributed by atoms with Crippen molar-refractivity contribution in [1.29, 1.82) is 0 Å². The summed E-state index contributed by atoms with van der Waals surface area (Å²) in [4.78, 5) is 40.6. The van der Waals surface area contributed by atoms with Gasteiger partial charge in [0.05, 0.1) is 0 Å². The average Bonchev–Trinajstić information content (AvgIpc) is 3.22. The van der Waals surface area contributed by atoms with Crippen molar-refractivity contribution < 1.29 is 19.1 Å². The van der Waals surface area contributed by atoms with E-state index in [1.165, 1.54) is 11.4 Å². The molecule has 0 unspecified atom stereocenters. The molecule has 0 radical (unpaired) electrons. The fourth-order valence-electron chi connectivity index (χ4n) is 4.10. The van der Waals surface area contributed by atoms with Crippen molar-refractivity contribution >= 4 is 43.3 Å². The van der Waals surface area contributed by atoms with Gasteiger partial charge in [-0.05, 0) is 0 Å². The molecule has 2 aromatic carbocycles. The van der Waals surface area contributed by atoms with Gasteiger partial charge < -0.3 is 0 Å². The van der Waals surface area contributed by atoms with E-state index in [1.807, 2.05) is 69.3 Å². The molecule has 7 heteroatoms. The van der Waals surface area contributed by atoms with Crippen LogP contribution >= 0.6 is 0 Å². The first-order valence-electron chi connectivity index (χ1n) is 11.9. The van der Waals surface area contributed by atoms with Gasteiger partial charge >= 0.3 is 215 Å². The molecular weight excluding hydrogens is 507 g/mol. The van der Waals surface area contributed by atoms with E-state index in [0.29, 0.717) is 6.42 Å². The quantitative estimate of drug-likeness (QED) is 0.314. The van der Waals surface area contributed by atoms with Crippen molar-refractivity contribution in [3.8, 4) is 0 Å². The standard InChI is InChI=1S/C28H34N2O4Se/c1-20(31)29-24(19-21-11-7-5-8-12-21)26(32)30-22(17-18-35-23-13-9-6-10-14-23)15-16-25(30)27(33)34-28(2,3)4/h5-14,19,22,25H,15-18H2,1-4H3,(H,29,31)/t22-,25+/m1/s1. The number of nitrogens with one attached hydrogen (secondary N) is 1. The molecule has 0 bridgehead atoms. The fourth-order valence-corrected chi connectivity index (χ4v) is 6.15. The first-order chi connectivity index (χ1) is 16.6. The van der Waals surface area contributed by atoms with Crippen LogP contribution in [0.25, 0.3) is 6.08 Å². The van der Waals surface area contributed by atoms with E-state index in [1.54, 1.807) is 11.0 Å². The van der Waals surface area contributed by atoms with Crippen molar-refractivity contribution in [2.45, 2.75) is 70.0 Å². The molecule has 1 heterocycles. The predicted molar refractivity (Wildman–Crippen MR) is 139 cm³/mol. The number of likely N-dealkylation sites (tertiary alicyclic amines) is 1. The summed E-state index contributed by atoms with van der Waals surface area (Å²) in [6.07, 6.45) is 3.72. The number of benzene rings is 2. The van der Waals surface area contributed by atoms with Crippen molar-refractivity contribution in [2.75, 3.05) is 0 Å². The summed E-state index contributed by atoms with van der Waals surface area (Å²) in [5.74, 6) is -1.09. The Morgan fingerprint density at radius 1 is 1.03 bits per heavy atom. The summed E-state index contributed by atoms with van der Waals surface area (Å²) >= 11 is 0.278. The molecule has 0 aromatic heterocycles. The van der Waals surface area contributed by atoms with E-state index in [-0.39, 0.29) is 38.5 Å². The third kappa shape index (κ3) is 8.08. The third-order valence-corrected chi connectivity index (χ3v) is 7.72. The molecule has 186 valence electrons. The van der Waals surface area contributed by atoms with Gasteiger partial charge in [-0.3, -0.25) is 0 Å². The van der Waals surface area contributed by atoms with Crippen LogP contribution in [0.4, 0.5) is 0 Å². The van der Waals surface area contributed by atoms with Gasteiger partial charge in [-0.15, -0.1) is 0 Å². The number of nitrogens with zero attached hydrogens (tertiary/aromatic N) is 1. The van der Waals surface area contributed by atoms with Gasteiger partial charge in [0.25, 0.3) is 0 Å². The van der Waals surface area contributed by atoms with Gasteiger partial charge in [0.2, 0.25) is 0 Å². The second-order valence-electron chi connectivity index (χ2n) is 9.59. The number of carbonyl (C=O) groups is 3. The van der Waals surface area contributed by atoms with Crippen LogP contribution in [0.5, 0.6) is 0 Å². The molecule has 2 atom stereocenters. The van der Waals surface area contributed by atoms with Gasteiger partial charge in [0, 0.05) is 0 Å². The number of amides is 2. The average molecular weight is 542 g/mol. The summed E-state index contributed by atoms with van der Waals surface area (Å²) in [5, 5.41) is 3.65. The zero-order chi connectivity index (χ0) is 25.4. The molecule has 1 aliphatic rings. The molecule has 6 nitrogen and oxygen atoms in total. The Balaban J connectivity index is 1.86.